The van der Waals surface area contributed by atoms with Gasteiger partial charge in [0.25, 0.3) is 0 Å². The van der Waals surface area contributed by atoms with E-state index in [1.54, 1.807) is 24.3 Å². The molecule has 192 valence electrons. The lowest BCUT2D eigenvalue weighted by Crippen LogP contribution is -2.26. The minimum absolute atomic E-state index is 0.00427. The smallest absolute Gasteiger partial charge is 0.335 e. The molecule has 9 nitrogen and oxygen atoms in total. The van der Waals surface area contributed by atoms with Crippen molar-refractivity contribution in [1.82, 2.24) is 5.32 Å². The molecule has 1 atom stereocenters. The van der Waals surface area contributed by atoms with Crippen LogP contribution in [-0.2, 0) is 10.0 Å². The average Bonchev–Trinajstić information content (AvgIpc) is 2.80. The van der Waals surface area contributed by atoms with Gasteiger partial charge in [0, 0.05) is 13.1 Å². The number of rotatable bonds is 11. The van der Waals surface area contributed by atoms with E-state index in [9.17, 15) is 23.4 Å². The van der Waals surface area contributed by atoms with Gasteiger partial charge < -0.3 is 25.4 Å². The second-order valence-corrected chi connectivity index (χ2v) is 10.3. The molecule has 0 aliphatic heterocycles. The Labute approximate surface area is 210 Å². The van der Waals surface area contributed by atoms with Crippen LogP contribution in [0.5, 0.6) is 11.5 Å². The average molecular weight is 515 g/mol. The second-order valence-electron chi connectivity index (χ2n) is 8.54. The van der Waals surface area contributed by atoms with Gasteiger partial charge in [-0.1, -0.05) is 18.2 Å². The van der Waals surface area contributed by atoms with E-state index < -0.39 is 22.1 Å². The van der Waals surface area contributed by atoms with Crippen molar-refractivity contribution in [3.05, 3.63) is 76.9 Å². The molecule has 0 fully saturated rings. The van der Waals surface area contributed by atoms with Crippen molar-refractivity contribution < 1.29 is 33.3 Å². The number of sulfonamides is 1. The number of phenols is 1. The second kappa shape index (κ2) is 11.4. The molecule has 3 rings (SSSR count). The van der Waals surface area contributed by atoms with Crippen LogP contribution in [0.25, 0.3) is 11.1 Å². The lowest BCUT2D eigenvalue weighted by atomic mass is 9.99. The van der Waals surface area contributed by atoms with E-state index in [4.69, 9.17) is 9.84 Å². The summed E-state index contributed by atoms with van der Waals surface area (Å²) in [5.74, 6) is -0.430. The molecule has 0 unspecified atom stereocenters. The maximum Gasteiger partial charge on any atom is 0.335 e. The van der Waals surface area contributed by atoms with E-state index in [0.717, 1.165) is 34.3 Å². The number of aromatic hydroxyl groups is 1. The number of nitrogens with one attached hydrogen (secondary N) is 2. The number of aliphatic hydroxyl groups is 1. The topological polar surface area (TPSA) is 145 Å². The highest BCUT2D eigenvalue weighted by atomic mass is 32.2. The molecule has 10 heteroatoms. The minimum atomic E-state index is -3.57. The standard InChI is InChI=1S/C26H30N2O7S/c1-16-12-21(18-4-6-19(7-5-18)26(31)32)13-17(2)25(16)35-11-10-27-15-24(30)20-8-9-23(29)22(14-20)28-36(3,33)34/h4-9,12-14,24,27-30H,10-11,15H2,1-3H3,(H,31,32)/t24-/m0/s1. The number of carbonyl (C=O) groups is 1. The Hall–Kier alpha value is -3.60. The van der Waals surface area contributed by atoms with Crippen LogP contribution in [0.1, 0.15) is 33.2 Å². The Morgan fingerprint density at radius 3 is 2.22 bits per heavy atom. The van der Waals surface area contributed by atoms with E-state index >= 15 is 0 Å². The van der Waals surface area contributed by atoms with Gasteiger partial charge in [-0.2, -0.15) is 0 Å². The Bertz CT molecular complexity index is 1320. The number of phenolic OH excluding ortho intramolecular Hbond substituents is 1. The van der Waals surface area contributed by atoms with Gasteiger partial charge >= 0.3 is 5.97 Å². The first-order chi connectivity index (χ1) is 16.9. The first-order valence-electron chi connectivity index (χ1n) is 11.2. The van der Waals surface area contributed by atoms with E-state index in [1.807, 2.05) is 26.0 Å². The zero-order chi connectivity index (χ0) is 26.5. The van der Waals surface area contributed by atoms with Gasteiger partial charge in [0.2, 0.25) is 10.0 Å². The van der Waals surface area contributed by atoms with Gasteiger partial charge in [-0.25, -0.2) is 13.2 Å². The number of carboxylic acid groups (broad SMARTS) is 1. The summed E-state index contributed by atoms with van der Waals surface area (Å²) < 4.78 is 31.0. The number of aromatic carboxylic acids is 1. The summed E-state index contributed by atoms with van der Waals surface area (Å²) in [5, 5.41) is 32.4. The zero-order valence-electron chi connectivity index (χ0n) is 20.3. The van der Waals surface area contributed by atoms with Crippen LogP contribution in [-0.4, -0.2) is 55.7 Å². The number of aryl methyl sites for hydroxylation is 2. The highest BCUT2D eigenvalue weighted by molar-refractivity contribution is 7.92. The molecule has 3 aromatic rings. The monoisotopic (exact) mass is 514 g/mol. The fourth-order valence-corrected chi connectivity index (χ4v) is 4.34. The van der Waals surface area contributed by atoms with E-state index in [0.29, 0.717) is 18.7 Å². The molecule has 0 aliphatic rings. The molecule has 36 heavy (non-hydrogen) atoms. The maximum atomic E-state index is 11.4. The molecular weight excluding hydrogens is 484 g/mol. The number of carboxylic acids is 1. The third kappa shape index (κ3) is 7.20. The summed E-state index contributed by atoms with van der Waals surface area (Å²) in [6.07, 6.45) is 0.0630. The zero-order valence-corrected chi connectivity index (χ0v) is 21.1. The van der Waals surface area contributed by atoms with Crippen LogP contribution in [0.2, 0.25) is 0 Å². The first-order valence-corrected chi connectivity index (χ1v) is 13.1. The highest BCUT2D eigenvalue weighted by Crippen LogP contribution is 2.31. The largest absolute Gasteiger partial charge is 0.506 e. The Morgan fingerprint density at radius 1 is 1.00 bits per heavy atom. The van der Waals surface area contributed by atoms with Crippen LogP contribution in [0, 0.1) is 13.8 Å². The lowest BCUT2D eigenvalue weighted by Gasteiger charge is -2.16. The van der Waals surface area contributed by atoms with Crippen LogP contribution in [0.4, 0.5) is 5.69 Å². The predicted molar refractivity (Wildman–Crippen MR) is 138 cm³/mol. The number of hydrogen-bond acceptors (Lipinski definition) is 7. The molecule has 3 aromatic carbocycles. The van der Waals surface area contributed by atoms with Crippen molar-refractivity contribution in [2.24, 2.45) is 0 Å². The molecule has 0 bridgehead atoms. The molecule has 0 aliphatic carbocycles. The molecule has 0 spiro atoms. The molecule has 0 aromatic heterocycles. The normalized spacial score (nSPS) is 12.2. The molecule has 0 heterocycles. The van der Waals surface area contributed by atoms with Gasteiger partial charge in [-0.05, 0) is 78.1 Å². The number of benzene rings is 3. The molecule has 0 radical (unpaired) electrons. The molecule has 5 N–H and O–H groups in total. The van der Waals surface area contributed by atoms with Crippen molar-refractivity contribution in [2.75, 3.05) is 30.7 Å². The van der Waals surface area contributed by atoms with Gasteiger partial charge in [0.15, 0.2) is 0 Å². The number of hydrogen-bond donors (Lipinski definition) is 5. The van der Waals surface area contributed by atoms with E-state index in [2.05, 4.69) is 10.0 Å². The van der Waals surface area contributed by atoms with Crippen LogP contribution in [0.15, 0.2) is 54.6 Å². The summed E-state index contributed by atoms with van der Waals surface area (Å²) in [7, 11) is -3.57. The van der Waals surface area contributed by atoms with E-state index in [1.165, 1.54) is 18.2 Å². The minimum Gasteiger partial charge on any atom is -0.506 e. The Kier molecular flexibility index (Phi) is 8.57. The first kappa shape index (κ1) is 27.0. The highest BCUT2D eigenvalue weighted by Gasteiger charge is 2.13. The number of anilines is 1. The molecule has 0 saturated carbocycles. The SMILES string of the molecule is Cc1cc(-c2ccc(C(=O)O)cc2)cc(C)c1OCCNC[C@H](O)c1ccc(O)c(NS(C)(=O)=O)c1. The van der Waals surface area contributed by atoms with Crippen LogP contribution in [0.3, 0.4) is 0 Å². The van der Waals surface area contributed by atoms with Gasteiger partial charge in [-0.3, -0.25) is 4.72 Å². The van der Waals surface area contributed by atoms with Crippen molar-refractivity contribution in [1.29, 1.82) is 0 Å². The summed E-state index contributed by atoms with van der Waals surface area (Å²) in [6.45, 7) is 4.91. The summed E-state index contributed by atoms with van der Waals surface area (Å²) >= 11 is 0. The quantitative estimate of drug-likeness (QED) is 0.193. The van der Waals surface area contributed by atoms with Crippen LogP contribution < -0.4 is 14.8 Å². The molecule has 0 saturated heterocycles. The van der Waals surface area contributed by atoms with Gasteiger partial charge in [0.1, 0.15) is 18.1 Å². The fraction of sp³-hybridized carbons (Fsp3) is 0.269. The number of ether oxygens (including phenoxy) is 1. The van der Waals surface area contributed by atoms with Crippen molar-refractivity contribution in [3.8, 4) is 22.6 Å². The molecule has 0 amide bonds. The Balaban J connectivity index is 1.54. The van der Waals surface area contributed by atoms with Gasteiger partial charge in [0.05, 0.1) is 23.6 Å². The predicted octanol–water partition coefficient (Wildman–Crippen LogP) is 3.45. The van der Waals surface area contributed by atoms with Crippen molar-refractivity contribution in [3.63, 3.8) is 0 Å². The third-order valence-electron chi connectivity index (χ3n) is 5.49. The van der Waals surface area contributed by atoms with Crippen molar-refractivity contribution in [2.45, 2.75) is 20.0 Å². The van der Waals surface area contributed by atoms with Gasteiger partial charge in [-0.15, -0.1) is 0 Å². The third-order valence-corrected chi connectivity index (χ3v) is 6.08. The summed E-state index contributed by atoms with van der Waals surface area (Å²) in [6, 6.07) is 14.9. The van der Waals surface area contributed by atoms with Crippen LogP contribution >= 0.6 is 0 Å². The summed E-state index contributed by atoms with van der Waals surface area (Å²) in [5.41, 5.74) is 4.47. The number of aliphatic hydroxyl groups excluding tert-OH is 1. The molecular formula is C26H30N2O7S. The fourth-order valence-electron chi connectivity index (χ4n) is 3.77. The lowest BCUT2D eigenvalue weighted by molar-refractivity contribution is 0.0697. The van der Waals surface area contributed by atoms with Crippen molar-refractivity contribution >= 4 is 21.7 Å². The summed E-state index contributed by atoms with van der Waals surface area (Å²) in [4.78, 5) is 11.1. The maximum absolute atomic E-state index is 11.4. The Morgan fingerprint density at radius 2 is 1.64 bits per heavy atom. The van der Waals surface area contributed by atoms with E-state index in [-0.39, 0.29) is 23.5 Å².